The van der Waals surface area contributed by atoms with Crippen LogP contribution in [0.3, 0.4) is 0 Å². The lowest BCUT2D eigenvalue weighted by molar-refractivity contribution is -0.131. The van der Waals surface area contributed by atoms with Gasteiger partial charge in [0.25, 0.3) is 0 Å². The van der Waals surface area contributed by atoms with Crippen LogP contribution < -0.4 is 5.32 Å². The van der Waals surface area contributed by atoms with Gasteiger partial charge in [-0.2, -0.15) is 0 Å². The Balaban J connectivity index is 1.07. The number of aliphatic hydroxyl groups excluding tert-OH is 1. The maximum absolute atomic E-state index is 12.5. The van der Waals surface area contributed by atoms with Crippen LogP contribution in [0, 0.1) is 11.8 Å². The van der Waals surface area contributed by atoms with Gasteiger partial charge in [-0.15, -0.1) is 0 Å². The first kappa shape index (κ1) is 26.4. The number of halogens is 1. The number of nitrogens with zero attached hydrogens (tertiary/aromatic N) is 4. The molecule has 2 heterocycles. The number of allylic oxidation sites excluding steroid dienone is 3. The van der Waals surface area contributed by atoms with Gasteiger partial charge in [-0.05, 0) is 69.3 Å². The number of hydrogen-bond acceptors (Lipinski definition) is 6. The van der Waals surface area contributed by atoms with Crippen LogP contribution >= 0.6 is 11.6 Å². The van der Waals surface area contributed by atoms with Crippen molar-refractivity contribution in [2.75, 3.05) is 65.5 Å². The van der Waals surface area contributed by atoms with E-state index < -0.39 is 0 Å². The Morgan fingerprint density at radius 3 is 2.60 bits per heavy atom. The molecule has 4 aliphatic rings. The Bertz CT molecular complexity index is 814. The van der Waals surface area contributed by atoms with Crippen LogP contribution in [0.4, 0.5) is 0 Å². The van der Waals surface area contributed by atoms with Gasteiger partial charge in [0.05, 0.1) is 6.04 Å². The van der Waals surface area contributed by atoms with Crippen LogP contribution in [0.5, 0.6) is 0 Å². The quantitative estimate of drug-likeness (QED) is 0.357. The van der Waals surface area contributed by atoms with Gasteiger partial charge in [0, 0.05) is 81.7 Å². The van der Waals surface area contributed by atoms with Crippen molar-refractivity contribution < 1.29 is 9.90 Å². The van der Waals surface area contributed by atoms with Crippen LogP contribution in [0.15, 0.2) is 40.0 Å². The summed E-state index contributed by atoms with van der Waals surface area (Å²) in [5.74, 6) is 1.21. The second kappa shape index (κ2) is 13.6. The van der Waals surface area contributed by atoms with Gasteiger partial charge in [-0.1, -0.05) is 17.7 Å². The minimum Gasteiger partial charge on any atom is -0.396 e. The van der Waals surface area contributed by atoms with Gasteiger partial charge in [0.2, 0.25) is 5.91 Å². The minimum atomic E-state index is 0.0985. The SMILES string of the molecule is O=C(CCCO)N(CCCN1CCN(CCCNC2=CC=NC3C=C(Cl)C=CC23)CC1)CC1CC1. The molecular weight excluding hydrogens is 462 g/mol. The van der Waals surface area contributed by atoms with Gasteiger partial charge < -0.3 is 25.1 Å². The second-order valence-electron chi connectivity index (χ2n) is 10.3. The highest BCUT2D eigenvalue weighted by Gasteiger charge is 2.27. The zero-order valence-corrected chi connectivity index (χ0v) is 21.7. The van der Waals surface area contributed by atoms with Crippen molar-refractivity contribution in [1.82, 2.24) is 20.0 Å². The van der Waals surface area contributed by atoms with E-state index in [1.54, 1.807) is 0 Å². The Kier molecular flexibility index (Phi) is 10.2. The summed E-state index contributed by atoms with van der Waals surface area (Å²) < 4.78 is 0. The maximum Gasteiger partial charge on any atom is 0.222 e. The predicted molar refractivity (Wildman–Crippen MR) is 143 cm³/mol. The topological polar surface area (TPSA) is 71.4 Å². The highest BCUT2D eigenvalue weighted by molar-refractivity contribution is 6.31. The molecule has 0 aromatic rings. The van der Waals surface area contributed by atoms with E-state index in [0.29, 0.717) is 18.8 Å². The van der Waals surface area contributed by atoms with E-state index >= 15 is 0 Å². The van der Waals surface area contributed by atoms with Crippen LogP contribution in [-0.4, -0.2) is 103 Å². The Labute approximate surface area is 215 Å². The number of fused-ring (bicyclic) bond motifs is 1. The van der Waals surface area contributed by atoms with E-state index in [-0.39, 0.29) is 24.5 Å². The molecule has 2 N–H and O–H groups in total. The molecule has 1 saturated heterocycles. The lowest BCUT2D eigenvalue weighted by Crippen LogP contribution is -2.47. The molecule has 2 aliphatic carbocycles. The van der Waals surface area contributed by atoms with Gasteiger partial charge in [0.1, 0.15) is 0 Å². The van der Waals surface area contributed by atoms with Crippen molar-refractivity contribution in [3.05, 3.63) is 35.0 Å². The highest BCUT2D eigenvalue weighted by Crippen LogP contribution is 2.30. The number of amides is 1. The molecule has 8 heteroatoms. The summed E-state index contributed by atoms with van der Waals surface area (Å²) in [5, 5.41) is 13.4. The maximum atomic E-state index is 12.5. The monoisotopic (exact) mass is 503 g/mol. The van der Waals surface area contributed by atoms with Crippen LogP contribution in [0.25, 0.3) is 0 Å². The largest absolute Gasteiger partial charge is 0.396 e. The smallest absolute Gasteiger partial charge is 0.222 e. The zero-order valence-electron chi connectivity index (χ0n) is 21.0. The summed E-state index contributed by atoms with van der Waals surface area (Å²) in [6, 6.07) is 0.118. The number of carbonyl (C=O) groups excluding carboxylic acids is 1. The molecular formula is C27H42ClN5O2. The van der Waals surface area contributed by atoms with E-state index in [4.69, 9.17) is 16.7 Å². The van der Waals surface area contributed by atoms with Crippen molar-refractivity contribution in [3.8, 4) is 0 Å². The van der Waals surface area contributed by atoms with Crippen LogP contribution in [0.2, 0.25) is 0 Å². The minimum absolute atomic E-state index is 0.0985. The summed E-state index contributed by atoms with van der Waals surface area (Å²) in [6.45, 7) is 9.47. The number of hydrogen-bond donors (Lipinski definition) is 2. The summed E-state index contributed by atoms with van der Waals surface area (Å²) in [7, 11) is 0. The van der Waals surface area contributed by atoms with E-state index in [0.717, 1.165) is 76.8 Å². The number of rotatable bonds is 14. The lowest BCUT2D eigenvalue weighted by Gasteiger charge is -2.35. The summed E-state index contributed by atoms with van der Waals surface area (Å²) in [6.07, 6.45) is 15.9. The molecule has 1 amide bonds. The molecule has 35 heavy (non-hydrogen) atoms. The molecule has 0 radical (unpaired) electrons. The first-order valence-electron chi connectivity index (χ1n) is 13.5. The third kappa shape index (κ3) is 8.45. The molecule has 2 unspecified atom stereocenters. The predicted octanol–water partition coefficient (Wildman–Crippen LogP) is 2.63. The molecule has 0 aromatic carbocycles. The number of aliphatic imine (C=N–C) groups is 1. The number of nitrogens with one attached hydrogen (secondary N) is 1. The summed E-state index contributed by atoms with van der Waals surface area (Å²) in [5.41, 5.74) is 1.23. The average molecular weight is 504 g/mol. The third-order valence-electron chi connectivity index (χ3n) is 7.46. The van der Waals surface area contributed by atoms with Crippen molar-refractivity contribution in [3.63, 3.8) is 0 Å². The molecule has 2 atom stereocenters. The number of aliphatic hydroxyl groups is 1. The Morgan fingerprint density at radius 2 is 1.89 bits per heavy atom. The van der Waals surface area contributed by atoms with Gasteiger partial charge in [-0.3, -0.25) is 9.79 Å². The average Bonchev–Trinajstić information content (AvgIpc) is 3.69. The molecule has 4 rings (SSSR count). The number of dihydropyridines is 1. The van der Waals surface area contributed by atoms with Crippen molar-refractivity contribution in [2.24, 2.45) is 16.8 Å². The fourth-order valence-electron chi connectivity index (χ4n) is 5.14. The molecule has 0 spiro atoms. The molecule has 0 bridgehead atoms. The Hall–Kier alpha value is -1.67. The highest BCUT2D eigenvalue weighted by atomic mass is 35.5. The van der Waals surface area contributed by atoms with Gasteiger partial charge in [-0.25, -0.2) is 0 Å². The molecule has 1 saturated carbocycles. The summed E-state index contributed by atoms with van der Waals surface area (Å²) in [4.78, 5) is 24.2. The molecule has 194 valence electrons. The third-order valence-corrected chi connectivity index (χ3v) is 7.71. The van der Waals surface area contributed by atoms with E-state index in [1.165, 1.54) is 18.5 Å². The van der Waals surface area contributed by atoms with Gasteiger partial charge >= 0.3 is 0 Å². The Morgan fingerprint density at radius 1 is 1.14 bits per heavy atom. The standard InChI is InChI=1S/C27H42ClN5O2/c28-23-7-8-24-25(9-11-30-26(24)20-23)29-10-2-12-31-15-17-32(18-16-31)13-3-14-33(21-22-5-6-22)27(35)4-1-19-34/h7-9,11,20,22,24,26,29,34H,1-6,10,12-19,21H2. The molecule has 2 aliphatic heterocycles. The number of carbonyl (C=O) groups is 1. The fraction of sp³-hybridized carbons (Fsp3) is 0.704. The first-order valence-corrected chi connectivity index (χ1v) is 13.9. The van der Waals surface area contributed by atoms with E-state index in [2.05, 4.69) is 37.2 Å². The van der Waals surface area contributed by atoms with Crippen molar-refractivity contribution in [1.29, 1.82) is 0 Å². The molecule has 2 fully saturated rings. The van der Waals surface area contributed by atoms with E-state index in [1.807, 2.05) is 18.4 Å². The van der Waals surface area contributed by atoms with Crippen LogP contribution in [0.1, 0.15) is 38.5 Å². The fourth-order valence-corrected chi connectivity index (χ4v) is 5.34. The van der Waals surface area contributed by atoms with Crippen LogP contribution in [-0.2, 0) is 4.79 Å². The molecule has 0 aromatic heterocycles. The van der Waals surface area contributed by atoms with Crippen molar-refractivity contribution >= 4 is 23.7 Å². The van der Waals surface area contributed by atoms with Gasteiger partial charge in [0.15, 0.2) is 0 Å². The second-order valence-corrected chi connectivity index (χ2v) is 10.7. The zero-order chi connectivity index (χ0) is 24.5. The lowest BCUT2D eigenvalue weighted by atomic mass is 9.90. The normalized spacial score (nSPS) is 24.6. The van der Waals surface area contributed by atoms with Crippen molar-refractivity contribution in [2.45, 2.75) is 44.6 Å². The number of piperazine rings is 1. The van der Waals surface area contributed by atoms with E-state index in [9.17, 15) is 4.79 Å². The molecule has 7 nitrogen and oxygen atoms in total. The summed E-state index contributed by atoms with van der Waals surface area (Å²) >= 11 is 6.13. The first-order chi connectivity index (χ1) is 17.1.